The highest BCUT2D eigenvalue weighted by molar-refractivity contribution is 7.18. The first-order valence-electron chi connectivity index (χ1n) is 12.6. The van der Waals surface area contributed by atoms with Gasteiger partial charge in [0.2, 0.25) is 0 Å². The maximum Gasteiger partial charge on any atom is 0.414 e. The Balaban J connectivity index is 1.64. The molecule has 3 heterocycles. The van der Waals surface area contributed by atoms with Crippen LogP contribution in [-0.2, 0) is 14.3 Å². The molecule has 2 aromatic rings. The first-order valence-corrected chi connectivity index (χ1v) is 11.3. The number of nitrogens with zero attached hydrogens (tertiary/aromatic N) is 2. The van der Waals surface area contributed by atoms with Crippen molar-refractivity contribution in [3.63, 3.8) is 0 Å². The minimum Gasteiger partial charge on any atom is -0.442 e. The number of rotatable bonds is 5. The number of anilines is 2. The fourth-order valence-electron chi connectivity index (χ4n) is 3.56. The molecule has 8 nitrogen and oxygen atoms in total. The summed E-state index contributed by atoms with van der Waals surface area (Å²) in [5.41, 5.74) is 0.498. The number of thiophene rings is 1. The number of benzene rings is 1. The molecule has 33 heavy (non-hydrogen) atoms. The minimum absolute atomic E-state index is 0.0154. The van der Waals surface area contributed by atoms with E-state index in [9.17, 15) is 14.4 Å². The van der Waals surface area contributed by atoms with Gasteiger partial charge in [-0.2, -0.15) is 0 Å². The van der Waals surface area contributed by atoms with Crippen LogP contribution >= 0.6 is 22.9 Å². The van der Waals surface area contributed by atoms with Crippen molar-refractivity contribution >= 4 is 52.2 Å². The van der Waals surface area contributed by atoms with Gasteiger partial charge >= 0.3 is 6.09 Å². The predicted octanol–water partition coefficient (Wildman–Crippen LogP) is 3.92. The van der Waals surface area contributed by atoms with Crippen LogP contribution in [0.15, 0.2) is 24.3 Å². The van der Waals surface area contributed by atoms with Crippen LogP contribution in [0.1, 0.15) is 41.5 Å². The zero-order valence-corrected chi connectivity index (χ0v) is 20.0. The van der Waals surface area contributed by atoms with Crippen molar-refractivity contribution in [2.24, 2.45) is 0 Å². The van der Waals surface area contributed by atoms with Crippen LogP contribution in [0.4, 0.5) is 16.2 Å². The van der Waals surface area contributed by atoms with E-state index in [-0.39, 0.29) is 16.5 Å². The average molecular weight is 497 g/mol. The number of aryl methyl sites for hydroxylation is 2. The number of ether oxygens (including phenoxy) is 2. The molecule has 0 saturated carbocycles. The highest BCUT2D eigenvalue weighted by Crippen LogP contribution is 2.31. The molecule has 4 rings (SSSR count). The van der Waals surface area contributed by atoms with Gasteiger partial charge in [0.15, 0.2) is 0 Å². The van der Waals surface area contributed by atoms with Gasteiger partial charge in [-0.15, -0.1) is 11.3 Å². The van der Waals surface area contributed by atoms with Gasteiger partial charge in [-0.3, -0.25) is 14.5 Å². The van der Waals surface area contributed by atoms with E-state index in [1.165, 1.54) is 24.3 Å². The first kappa shape index (κ1) is 17.8. The zero-order valence-electron chi connectivity index (χ0n) is 23.4. The van der Waals surface area contributed by atoms with E-state index >= 15 is 0 Å². The quantitative estimate of drug-likeness (QED) is 0.678. The number of hydrogen-bond donors (Lipinski definition) is 1. The number of hydrogen-bond acceptors (Lipinski definition) is 6. The number of morpholine rings is 1. The summed E-state index contributed by atoms with van der Waals surface area (Å²) in [6.07, 6.45) is -4.49. The van der Waals surface area contributed by atoms with Crippen LogP contribution in [0.5, 0.6) is 0 Å². The fraction of sp³-hybridized carbons (Fsp3) is 0.435. The summed E-state index contributed by atoms with van der Waals surface area (Å²) < 4.78 is 53.3. The predicted molar refractivity (Wildman–Crippen MR) is 128 cm³/mol. The van der Waals surface area contributed by atoms with Crippen LogP contribution in [0.2, 0.25) is 4.34 Å². The molecule has 1 aromatic carbocycles. The van der Waals surface area contributed by atoms with Crippen LogP contribution < -0.4 is 15.1 Å². The lowest BCUT2D eigenvalue weighted by Crippen LogP contribution is -2.53. The summed E-state index contributed by atoms with van der Waals surface area (Å²) in [5, 5.41) is 1.99. The molecule has 0 aliphatic carbocycles. The molecule has 1 N–H and O–H groups in total. The standard InChI is InChI=1S/C23H26ClN3O5S/c1-13-9-15(5-6-17(13)26-7-8-31-23(3,4)21(26)29)27-12-16(32-22(27)30)11-25-20(28)19-14(2)10-18(24)33-19/h5-6,9-10,16H,7-8,11-12H2,1-4H3,(H,25,28)/t16-/m0/s1/i11D2,12D2,16D. The molecule has 0 bridgehead atoms. The summed E-state index contributed by atoms with van der Waals surface area (Å²) in [6, 6.07) is 5.88. The van der Waals surface area contributed by atoms with Gasteiger partial charge in [-0.05, 0) is 63.1 Å². The largest absolute Gasteiger partial charge is 0.442 e. The molecule has 1 aromatic heterocycles. The molecule has 2 saturated heterocycles. The molecule has 2 aliphatic heterocycles. The topological polar surface area (TPSA) is 88.2 Å². The number of carbonyl (C=O) groups excluding carboxylic acids is 3. The van der Waals surface area contributed by atoms with Crippen molar-refractivity contribution in [2.45, 2.75) is 39.4 Å². The lowest BCUT2D eigenvalue weighted by molar-refractivity contribution is -0.144. The molecule has 0 spiro atoms. The minimum atomic E-state index is -3.18. The fourth-order valence-corrected chi connectivity index (χ4v) is 4.75. The Hall–Kier alpha value is -2.62. The average Bonchev–Trinajstić information content (AvgIpc) is 3.22. The van der Waals surface area contributed by atoms with E-state index in [0.29, 0.717) is 39.2 Å². The highest BCUT2D eigenvalue weighted by Gasteiger charge is 2.38. The van der Waals surface area contributed by atoms with Crippen molar-refractivity contribution in [1.29, 1.82) is 0 Å². The maximum atomic E-state index is 12.9. The lowest BCUT2D eigenvalue weighted by Gasteiger charge is -2.38. The highest BCUT2D eigenvalue weighted by atomic mass is 35.5. The van der Waals surface area contributed by atoms with Crippen molar-refractivity contribution in [2.75, 3.05) is 35.9 Å². The van der Waals surface area contributed by atoms with Gasteiger partial charge in [0.05, 0.1) is 35.7 Å². The van der Waals surface area contributed by atoms with E-state index in [2.05, 4.69) is 0 Å². The normalized spacial score (nSPS) is 26.6. The SMILES string of the molecule is [2H]C([2H])(NC(=O)c1sc(Cl)cc1C)[C@]1([2H])OC(=O)N(c2ccc(N3CCOC(C)(C)C3=O)c(C)c2)C1([2H])[2H]. The smallest absolute Gasteiger partial charge is 0.414 e. The molecule has 1 atom stereocenters. The Morgan fingerprint density at radius 2 is 2.09 bits per heavy atom. The van der Waals surface area contributed by atoms with Crippen LogP contribution in [0.3, 0.4) is 0 Å². The van der Waals surface area contributed by atoms with Gasteiger partial charge < -0.3 is 19.7 Å². The van der Waals surface area contributed by atoms with Crippen molar-refractivity contribution < 1.29 is 30.7 Å². The number of halogens is 1. The third-order valence-electron chi connectivity index (χ3n) is 5.24. The van der Waals surface area contributed by atoms with Crippen LogP contribution in [-0.4, -0.2) is 55.7 Å². The number of nitrogens with one attached hydrogen (secondary N) is 1. The van der Waals surface area contributed by atoms with Crippen LogP contribution in [0, 0.1) is 13.8 Å². The van der Waals surface area contributed by atoms with Crippen molar-refractivity contribution in [3.8, 4) is 0 Å². The monoisotopic (exact) mass is 496 g/mol. The van der Waals surface area contributed by atoms with E-state index in [1.807, 2.05) is 5.32 Å². The molecule has 3 amide bonds. The summed E-state index contributed by atoms with van der Waals surface area (Å²) in [7, 11) is 0. The maximum absolute atomic E-state index is 12.9. The molecular formula is C23H26ClN3O5S. The van der Waals surface area contributed by atoms with Gasteiger partial charge in [-0.1, -0.05) is 11.6 Å². The van der Waals surface area contributed by atoms with E-state index < -0.39 is 36.7 Å². The Morgan fingerprint density at radius 3 is 2.76 bits per heavy atom. The summed E-state index contributed by atoms with van der Waals surface area (Å²) in [5.74, 6) is -1.19. The third-order valence-corrected chi connectivity index (χ3v) is 6.60. The molecular weight excluding hydrogens is 466 g/mol. The summed E-state index contributed by atoms with van der Waals surface area (Å²) >= 11 is 6.82. The van der Waals surface area contributed by atoms with Crippen molar-refractivity contribution in [3.05, 3.63) is 44.6 Å². The van der Waals surface area contributed by atoms with E-state index in [0.717, 1.165) is 11.3 Å². The summed E-state index contributed by atoms with van der Waals surface area (Å²) in [4.78, 5) is 40.6. The summed E-state index contributed by atoms with van der Waals surface area (Å²) in [6.45, 7) is 1.00. The molecule has 2 aliphatic rings. The third kappa shape index (κ3) is 4.71. The van der Waals surface area contributed by atoms with Gasteiger partial charge in [0.25, 0.3) is 11.8 Å². The first-order chi connectivity index (χ1) is 17.4. The van der Waals surface area contributed by atoms with Crippen molar-refractivity contribution in [1.82, 2.24) is 5.32 Å². The Kier molecular flexibility index (Phi) is 4.84. The van der Waals surface area contributed by atoms with Gasteiger partial charge in [0.1, 0.15) is 11.7 Å². The second-order valence-electron chi connectivity index (χ2n) is 8.07. The molecule has 10 heteroatoms. The molecule has 2 fully saturated rings. The zero-order chi connectivity index (χ0) is 28.4. The molecule has 176 valence electrons. The van der Waals surface area contributed by atoms with E-state index in [1.54, 1.807) is 32.6 Å². The lowest BCUT2D eigenvalue weighted by atomic mass is 10.0. The van der Waals surface area contributed by atoms with Gasteiger partial charge in [0, 0.05) is 17.9 Å². The van der Waals surface area contributed by atoms with Gasteiger partial charge in [-0.25, -0.2) is 4.79 Å². The Morgan fingerprint density at radius 1 is 1.33 bits per heavy atom. The number of amides is 3. The second kappa shape index (κ2) is 8.96. The molecule has 0 radical (unpaired) electrons. The number of cyclic esters (lactones) is 1. The van der Waals surface area contributed by atoms with E-state index in [4.69, 9.17) is 27.9 Å². The molecule has 0 unspecified atom stereocenters. The van der Waals surface area contributed by atoms with Crippen LogP contribution in [0.25, 0.3) is 0 Å². The Bertz CT molecular complexity index is 1340. The number of carbonyl (C=O) groups is 3. The second-order valence-corrected chi connectivity index (χ2v) is 9.76. The Labute approximate surface area is 208 Å².